The lowest BCUT2D eigenvalue weighted by Crippen LogP contribution is -2.35. The molecule has 22 heavy (non-hydrogen) atoms. The van der Waals surface area contributed by atoms with Gasteiger partial charge in [0.15, 0.2) is 0 Å². The predicted octanol–water partition coefficient (Wildman–Crippen LogP) is 3.75. The van der Waals surface area contributed by atoms with Crippen molar-refractivity contribution in [2.24, 2.45) is 0 Å². The molecular weight excluding hydrogens is 353 g/mol. The van der Waals surface area contributed by atoms with Crippen molar-refractivity contribution >= 4 is 27.6 Å². The van der Waals surface area contributed by atoms with Gasteiger partial charge in [-0.1, -0.05) is 12.8 Å². The fourth-order valence-electron chi connectivity index (χ4n) is 3.00. The van der Waals surface area contributed by atoms with Gasteiger partial charge in [-0.25, -0.2) is 4.39 Å². The number of carbonyl (C=O) groups is 1. The number of ether oxygens (including phenoxy) is 2. The molecule has 2 N–H and O–H groups in total. The van der Waals surface area contributed by atoms with Crippen LogP contribution in [-0.4, -0.2) is 25.9 Å². The zero-order valence-electron chi connectivity index (χ0n) is 12.7. The molecule has 0 heterocycles. The number of nitrogen functional groups attached to an aromatic ring is 1. The van der Waals surface area contributed by atoms with Crippen LogP contribution in [0.3, 0.4) is 0 Å². The molecule has 1 fully saturated rings. The summed E-state index contributed by atoms with van der Waals surface area (Å²) >= 11 is 3.40. The van der Waals surface area contributed by atoms with Crippen LogP contribution in [0.2, 0.25) is 0 Å². The number of halogens is 2. The first-order valence-electron chi connectivity index (χ1n) is 7.50. The fraction of sp³-hybridized carbons (Fsp3) is 0.562. The lowest BCUT2D eigenvalue weighted by molar-refractivity contribution is -0.150. The summed E-state index contributed by atoms with van der Waals surface area (Å²) in [6, 6.07) is 3.60. The van der Waals surface area contributed by atoms with Gasteiger partial charge in [0.05, 0.1) is 17.7 Å². The molecule has 0 aromatic heterocycles. The van der Waals surface area contributed by atoms with E-state index in [1.54, 1.807) is 13.0 Å². The van der Waals surface area contributed by atoms with Crippen molar-refractivity contribution in [3.63, 3.8) is 0 Å². The number of rotatable bonds is 6. The van der Waals surface area contributed by atoms with Gasteiger partial charge in [0, 0.05) is 4.47 Å². The number of esters is 1. The maximum absolute atomic E-state index is 12.5. The van der Waals surface area contributed by atoms with Crippen LogP contribution in [0.4, 0.5) is 10.1 Å². The molecule has 0 radical (unpaired) electrons. The summed E-state index contributed by atoms with van der Waals surface area (Å²) in [5.41, 5.74) is 6.53. The van der Waals surface area contributed by atoms with E-state index in [1.807, 2.05) is 6.07 Å². The van der Waals surface area contributed by atoms with Gasteiger partial charge < -0.3 is 15.2 Å². The molecule has 6 heteroatoms. The Balaban J connectivity index is 2.43. The zero-order chi connectivity index (χ0) is 16.2. The highest BCUT2D eigenvalue weighted by Crippen LogP contribution is 2.45. The second kappa shape index (κ2) is 7.31. The van der Waals surface area contributed by atoms with Gasteiger partial charge >= 0.3 is 5.97 Å². The molecule has 1 aromatic rings. The second-order valence-corrected chi connectivity index (χ2v) is 6.27. The topological polar surface area (TPSA) is 61.5 Å². The van der Waals surface area contributed by atoms with Crippen molar-refractivity contribution in [1.29, 1.82) is 0 Å². The number of hydrogen-bond acceptors (Lipinski definition) is 4. The highest BCUT2D eigenvalue weighted by Gasteiger charge is 2.44. The lowest BCUT2D eigenvalue weighted by atomic mass is 9.78. The SMILES string of the molecule is CCOC(=O)C1(c2cc(Br)c(N)c(OCCF)c2)CCCC1. The van der Waals surface area contributed by atoms with E-state index < -0.39 is 12.1 Å². The predicted molar refractivity (Wildman–Crippen MR) is 86.8 cm³/mol. The van der Waals surface area contributed by atoms with Crippen LogP contribution in [0.1, 0.15) is 38.2 Å². The van der Waals surface area contributed by atoms with Gasteiger partial charge in [-0.2, -0.15) is 0 Å². The first-order chi connectivity index (χ1) is 10.5. The largest absolute Gasteiger partial charge is 0.489 e. The minimum absolute atomic E-state index is 0.0630. The van der Waals surface area contributed by atoms with Crippen LogP contribution in [0.25, 0.3) is 0 Å². The minimum atomic E-state index is -0.653. The van der Waals surface area contributed by atoms with E-state index in [0.717, 1.165) is 31.2 Å². The summed E-state index contributed by atoms with van der Waals surface area (Å²) in [5, 5.41) is 0. The first kappa shape index (κ1) is 17.1. The summed E-state index contributed by atoms with van der Waals surface area (Å²) in [6.45, 7) is 1.49. The number of benzene rings is 1. The van der Waals surface area contributed by atoms with Crippen molar-refractivity contribution in [3.8, 4) is 5.75 Å². The van der Waals surface area contributed by atoms with Crippen LogP contribution in [0, 0.1) is 0 Å². The van der Waals surface area contributed by atoms with Crippen molar-refractivity contribution in [3.05, 3.63) is 22.2 Å². The maximum atomic E-state index is 12.5. The van der Waals surface area contributed by atoms with E-state index in [-0.39, 0.29) is 12.6 Å². The average Bonchev–Trinajstić information content (AvgIpc) is 2.99. The first-order valence-corrected chi connectivity index (χ1v) is 8.30. The summed E-state index contributed by atoms with van der Waals surface area (Å²) in [7, 11) is 0. The van der Waals surface area contributed by atoms with Crippen molar-refractivity contribution in [2.75, 3.05) is 25.6 Å². The number of nitrogens with two attached hydrogens (primary N) is 1. The third-order valence-electron chi connectivity index (χ3n) is 4.10. The van der Waals surface area contributed by atoms with Crippen molar-refractivity contribution in [1.82, 2.24) is 0 Å². The van der Waals surface area contributed by atoms with Gasteiger partial charge in [-0.3, -0.25) is 4.79 Å². The molecule has 0 saturated heterocycles. The molecule has 0 unspecified atom stereocenters. The van der Waals surface area contributed by atoms with Gasteiger partial charge in [0.25, 0.3) is 0 Å². The molecule has 4 nitrogen and oxygen atoms in total. The Labute approximate surface area is 138 Å². The van der Waals surface area contributed by atoms with Gasteiger partial charge in [-0.15, -0.1) is 0 Å². The van der Waals surface area contributed by atoms with Crippen LogP contribution in [-0.2, 0) is 14.9 Å². The van der Waals surface area contributed by atoms with Gasteiger partial charge in [0.1, 0.15) is 19.0 Å². The Hall–Kier alpha value is -1.30. The van der Waals surface area contributed by atoms with Crippen LogP contribution in [0.5, 0.6) is 5.75 Å². The van der Waals surface area contributed by atoms with Crippen molar-refractivity contribution in [2.45, 2.75) is 38.0 Å². The van der Waals surface area contributed by atoms with Crippen LogP contribution >= 0.6 is 15.9 Å². The summed E-state index contributed by atoms with van der Waals surface area (Å²) < 4.78 is 23.7. The third kappa shape index (κ3) is 3.21. The van der Waals surface area contributed by atoms with Crippen molar-refractivity contribution < 1.29 is 18.7 Å². The molecule has 0 aliphatic heterocycles. The van der Waals surface area contributed by atoms with Gasteiger partial charge in [-0.05, 0) is 53.4 Å². The van der Waals surface area contributed by atoms with E-state index in [1.165, 1.54) is 0 Å². The van der Waals surface area contributed by atoms with E-state index in [9.17, 15) is 9.18 Å². The molecule has 1 saturated carbocycles. The van der Waals surface area contributed by atoms with Crippen LogP contribution in [0.15, 0.2) is 16.6 Å². The normalized spacial score (nSPS) is 16.5. The number of hydrogen-bond donors (Lipinski definition) is 1. The highest BCUT2D eigenvalue weighted by molar-refractivity contribution is 9.10. The number of carbonyl (C=O) groups excluding carboxylic acids is 1. The molecular formula is C16H21BrFNO3. The third-order valence-corrected chi connectivity index (χ3v) is 4.76. The molecule has 0 atom stereocenters. The smallest absolute Gasteiger partial charge is 0.316 e. The number of anilines is 1. The highest BCUT2D eigenvalue weighted by atomic mass is 79.9. The van der Waals surface area contributed by atoms with E-state index in [2.05, 4.69) is 15.9 Å². The summed E-state index contributed by atoms with van der Waals surface area (Å²) in [6.07, 6.45) is 3.43. The second-order valence-electron chi connectivity index (χ2n) is 5.42. The number of alkyl halides is 1. The standard InChI is InChI=1S/C16H21BrFNO3/c1-2-21-15(20)16(5-3-4-6-16)11-9-12(17)14(19)13(10-11)22-8-7-18/h9-10H,2-8,19H2,1H3. The monoisotopic (exact) mass is 373 g/mol. The molecule has 122 valence electrons. The van der Waals surface area contributed by atoms with Gasteiger partial charge in [0.2, 0.25) is 0 Å². The molecule has 0 bridgehead atoms. The fourth-order valence-corrected chi connectivity index (χ4v) is 3.44. The Morgan fingerprint density at radius 1 is 1.41 bits per heavy atom. The molecule has 1 aliphatic carbocycles. The average molecular weight is 374 g/mol. The maximum Gasteiger partial charge on any atom is 0.316 e. The molecule has 1 aromatic carbocycles. The summed E-state index contributed by atoms with van der Waals surface area (Å²) in [4.78, 5) is 12.5. The Bertz CT molecular complexity index is 544. The quantitative estimate of drug-likeness (QED) is 0.609. The van der Waals surface area contributed by atoms with Crippen LogP contribution < -0.4 is 10.5 Å². The van der Waals surface area contributed by atoms with E-state index >= 15 is 0 Å². The van der Waals surface area contributed by atoms with E-state index in [0.29, 0.717) is 22.5 Å². The summed E-state index contributed by atoms with van der Waals surface area (Å²) in [5.74, 6) is 0.193. The Kier molecular flexibility index (Phi) is 5.67. The Morgan fingerprint density at radius 2 is 2.09 bits per heavy atom. The zero-order valence-corrected chi connectivity index (χ0v) is 14.2. The minimum Gasteiger partial charge on any atom is -0.489 e. The Morgan fingerprint density at radius 3 is 2.68 bits per heavy atom. The molecule has 0 spiro atoms. The molecule has 1 aliphatic rings. The molecule has 2 rings (SSSR count). The molecule has 0 amide bonds. The van der Waals surface area contributed by atoms with E-state index in [4.69, 9.17) is 15.2 Å². The lowest BCUT2D eigenvalue weighted by Gasteiger charge is -2.28.